The van der Waals surface area contributed by atoms with E-state index in [0.29, 0.717) is 45.2 Å². The van der Waals surface area contributed by atoms with E-state index >= 15 is 0 Å². The zero-order valence-electron chi connectivity index (χ0n) is 14.6. The van der Waals surface area contributed by atoms with Gasteiger partial charge in [-0.1, -0.05) is 0 Å². The van der Waals surface area contributed by atoms with Crippen LogP contribution in [0, 0.1) is 0 Å². The summed E-state index contributed by atoms with van der Waals surface area (Å²) < 4.78 is 4.73. The van der Waals surface area contributed by atoms with E-state index in [9.17, 15) is 19.2 Å². The normalized spacial score (nSPS) is 22.9. The molecule has 0 aromatic rings. The van der Waals surface area contributed by atoms with Crippen molar-refractivity contribution in [1.82, 2.24) is 9.80 Å². The number of aliphatic carboxylic acids is 1. The number of nitrogens with zero attached hydrogens (tertiary/aromatic N) is 2. The van der Waals surface area contributed by atoms with Crippen molar-refractivity contribution in [3.63, 3.8) is 0 Å². The molecule has 2 heterocycles. The van der Waals surface area contributed by atoms with E-state index in [4.69, 9.17) is 9.84 Å². The first-order chi connectivity index (χ1) is 12.0. The van der Waals surface area contributed by atoms with E-state index in [2.05, 4.69) is 0 Å². The molecule has 0 radical (unpaired) electrons. The minimum atomic E-state index is -0.955. The highest BCUT2D eigenvalue weighted by Crippen LogP contribution is 2.21. The Bertz CT molecular complexity index is 535. The van der Waals surface area contributed by atoms with Gasteiger partial charge >= 0.3 is 11.9 Å². The van der Waals surface area contributed by atoms with Crippen LogP contribution in [0.3, 0.4) is 0 Å². The van der Waals surface area contributed by atoms with Gasteiger partial charge in [0.2, 0.25) is 11.8 Å². The summed E-state index contributed by atoms with van der Waals surface area (Å²) in [5.41, 5.74) is 0. The molecule has 2 fully saturated rings. The topological polar surface area (TPSA) is 104 Å². The zero-order valence-corrected chi connectivity index (χ0v) is 14.6. The number of esters is 1. The Labute approximate surface area is 147 Å². The standard InChI is InChI=1S/C17H26N2O6/c1-25-17(24)13-7-5-11-19(13)15(21)9-3-2-8-14(20)18-10-4-6-12(18)16(22)23/h12-13H,2-11H2,1H3,(H,22,23)/t12-,13-/m1/s1. The van der Waals surface area contributed by atoms with Gasteiger partial charge in [0.05, 0.1) is 7.11 Å². The van der Waals surface area contributed by atoms with Gasteiger partial charge in [0, 0.05) is 25.9 Å². The van der Waals surface area contributed by atoms with Crippen LogP contribution in [0.2, 0.25) is 0 Å². The quantitative estimate of drug-likeness (QED) is 0.535. The van der Waals surface area contributed by atoms with Crippen LogP contribution >= 0.6 is 0 Å². The Hall–Kier alpha value is -2.12. The molecule has 2 atom stereocenters. The highest BCUT2D eigenvalue weighted by molar-refractivity contribution is 5.85. The largest absolute Gasteiger partial charge is 0.480 e. The summed E-state index contributed by atoms with van der Waals surface area (Å²) in [5.74, 6) is -1.59. The molecule has 2 aliphatic heterocycles. The first-order valence-electron chi connectivity index (χ1n) is 8.85. The van der Waals surface area contributed by atoms with E-state index < -0.39 is 18.1 Å². The van der Waals surface area contributed by atoms with Crippen molar-refractivity contribution in [2.24, 2.45) is 0 Å². The van der Waals surface area contributed by atoms with Crippen molar-refractivity contribution in [3.8, 4) is 0 Å². The molecule has 25 heavy (non-hydrogen) atoms. The summed E-state index contributed by atoms with van der Waals surface area (Å²) in [7, 11) is 1.32. The van der Waals surface area contributed by atoms with Gasteiger partial charge < -0.3 is 19.6 Å². The van der Waals surface area contributed by atoms with Crippen molar-refractivity contribution in [2.45, 2.75) is 63.5 Å². The van der Waals surface area contributed by atoms with E-state index in [-0.39, 0.29) is 30.6 Å². The number of carboxylic acids is 1. The summed E-state index contributed by atoms with van der Waals surface area (Å²) in [4.78, 5) is 50.2. The van der Waals surface area contributed by atoms with Gasteiger partial charge in [-0.2, -0.15) is 0 Å². The maximum absolute atomic E-state index is 12.3. The Morgan fingerprint density at radius 2 is 1.40 bits per heavy atom. The molecule has 0 aromatic carbocycles. The monoisotopic (exact) mass is 354 g/mol. The smallest absolute Gasteiger partial charge is 0.328 e. The minimum absolute atomic E-state index is 0.0927. The lowest BCUT2D eigenvalue weighted by molar-refractivity contribution is -0.151. The lowest BCUT2D eigenvalue weighted by Crippen LogP contribution is -2.41. The minimum Gasteiger partial charge on any atom is -0.480 e. The molecule has 0 aliphatic carbocycles. The molecule has 2 rings (SSSR count). The van der Waals surface area contributed by atoms with Gasteiger partial charge in [0.1, 0.15) is 12.1 Å². The summed E-state index contributed by atoms with van der Waals surface area (Å²) in [5, 5.41) is 9.11. The Kier molecular flexibility index (Phi) is 6.78. The van der Waals surface area contributed by atoms with Crippen LogP contribution < -0.4 is 0 Å². The van der Waals surface area contributed by atoms with Crippen LogP contribution in [0.1, 0.15) is 51.4 Å². The van der Waals surface area contributed by atoms with Gasteiger partial charge in [0.15, 0.2) is 0 Å². The molecule has 2 amide bonds. The van der Waals surface area contributed by atoms with Crippen LogP contribution in [0.4, 0.5) is 0 Å². The van der Waals surface area contributed by atoms with E-state index in [1.165, 1.54) is 12.0 Å². The van der Waals surface area contributed by atoms with Gasteiger partial charge in [0.25, 0.3) is 0 Å². The van der Waals surface area contributed by atoms with Crippen molar-refractivity contribution in [1.29, 1.82) is 0 Å². The molecule has 0 spiro atoms. The second kappa shape index (κ2) is 8.82. The van der Waals surface area contributed by atoms with Gasteiger partial charge in [-0.15, -0.1) is 0 Å². The fraction of sp³-hybridized carbons (Fsp3) is 0.765. The number of ether oxygens (including phenoxy) is 1. The number of likely N-dealkylation sites (tertiary alicyclic amines) is 2. The first-order valence-corrected chi connectivity index (χ1v) is 8.85. The summed E-state index contributed by atoms with van der Waals surface area (Å²) in [6.45, 7) is 1.05. The molecule has 0 unspecified atom stereocenters. The highest BCUT2D eigenvalue weighted by atomic mass is 16.5. The molecule has 0 saturated carbocycles. The number of hydrogen-bond acceptors (Lipinski definition) is 5. The lowest BCUT2D eigenvalue weighted by Gasteiger charge is -2.23. The second-order valence-electron chi connectivity index (χ2n) is 6.56. The highest BCUT2D eigenvalue weighted by Gasteiger charge is 2.35. The Balaban J connectivity index is 1.72. The Morgan fingerprint density at radius 3 is 1.88 bits per heavy atom. The van der Waals surface area contributed by atoms with Crippen LogP contribution in [0.5, 0.6) is 0 Å². The predicted molar refractivity (Wildman–Crippen MR) is 87.6 cm³/mol. The number of carbonyl (C=O) groups excluding carboxylic acids is 3. The Morgan fingerprint density at radius 1 is 0.920 bits per heavy atom. The summed E-state index contributed by atoms with van der Waals surface area (Å²) >= 11 is 0. The number of carboxylic acid groups (broad SMARTS) is 1. The first kappa shape index (κ1) is 19.2. The van der Waals surface area contributed by atoms with Gasteiger partial charge in [-0.3, -0.25) is 9.59 Å². The summed E-state index contributed by atoms with van der Waals surface area (Å²) in [6.07, 6.45) is 4.23. The van der Waals surface area contributed by atoms with Crippen LogP contribution in [-0.2, 0) is 23.9 Å². The lowest BCUT2D eigenvalue weighted by atomic mass is 10.1. The third-order valence-electron chi connectivity index (χ3n) is 4.94. The third kappa shape index (κ3) is 4.70. The van der Waals surface area contributed by atoms with Crippen molar-refractivity contribution in [3.05, 3.63) is 0 Å². The molecule has 1 N–H and O–H groups in total. The zero-order chi connectivity index (χ0) is 18.4. The number of methoxy groups -OCH3 is 1. The van der Waals surface area contributed by atoms with Gasteiger partial charge in [-0.05, 0) is 38.5 Å². The molecule has 0 bridgehead atoms. The predicted octanol–water partition coefficient (Wildman–Crippen LogP) is 0.786. The number of hydrogen-bond donors (Lipinski definition) is 1. The number of rotatable bonds is 7. The fourth-order valence-electron chi connectivity index (χ4n) is 3.61. The number of amides is 2. The molecular weight excluding hydrogens is 328 g/mol. The summed E-state index contributed by atoms with van der Waals surface area (Å²) in [6, 6.07) is -1.19. The SMILES string of the molecule is COC(=O)[C@H]1CCCN1C(=O)CCCCC(=O)N1CCC[C@@H]1C(=O)O. The van der Waals surface area contributed by atoms with Crippen molar-refractivity contribution >= 4 is 23.8 Å². The molecular formula is C17H26N2O6. The molecule has 0 aromatic heterocycles. The maximum atomic E-state index is 12.3. The van der Waals surface area contributed by atoms with E-state index in [1.807, 2.05) is 0 Å². The second-order valence-corrected chi connectivity index (χ2v) is 6.56. The van der Waals surface area contributed by atoms with E-state index in [1.54, 1.807) is 4.90 Å². The number of carbonyl (C=O) groups is 4. The van der Waals surface area contributed by atoms with E-state index in [0.717, 1.165) is 6.42 Å². The van der Waals surface area contributed by atoms with Crippen LogP contribution in [0.25, 0.3) is 0 Å². The van der Waals surface area contributed by atoms with Crippen LogP contribution in [0.15, 0.2) is 0 Å². The van der Waals surface area contributed by atoms with Gasteiger partial charge in [-0.25, -0.2) is 9.59 Å². The molecule has 140 valence electrons. The molecule has 2 saturated heterocycles. The third-order valence-corrected chi connectivity index (χ3v) is 4.94. The fourth-order valence-corrected chi connectivity index (χ4v) is 3.61. The van der Waals surface area contributed by atoms with Crippen molar-refractivity contribution in [2.75, 3.05) is 20.2 Å². The van der Waals surface area contributed by atoms with Crippen LogP contribution in [-0.4, -0.2) is 70.9 Å². The van der Waals surface area contributed by atoms with Crippen molar-refractivity contribution < 1.29 is 29.0 Å². The molecule has 8 nitrogen and oxygen atoms in total. The molecule has 8 heteroatoms. The number of unbranched alkanes of at least 4 members (excludes halogenated alkanes) is 1. The average Bonchev–Trinajstić information content (AvgIpc) is 3.26. The average molecular weight is 354 g/mol. The maximum Gasteiger partial charge on any atom is 0.328 e. The molecule has 2 aliphatic rings.